The number of hydrogen-bond acceptors (Lipinski definition) is 2. The normalized spacial score (nSPS) is 16.7. The van der Waals surface area contributed by atoms with Gasteiger partial charge in [-0.25, -0.2) is 0 Å². The van der Waals surface area contributed by atoms with E-state index in [4.69, 9.17) is 0 Å². The third-order valence-corrected chi connectivity index (χ3v) is 3.69. The van der Waals surface area contributed by atoms with Gasteiger partial charge in [0.15, 0.2) is 0 Å². The van der Waals surface area contributed by atoms with Crippen molar-refractivity contribution in [3.63, 3.8) is 0 Å². The Hall–Kier alpha value is -1.51. The third kappa shape index (κ3) is 3.72. The number of hydrogen-bond donors (Lipinski definition) is 1. The van der Waals surface area contributed by atoms with Crippen molar-refractivity contribution in [2.24, 2.45) is 5.92 Å². The van der Waals surface area contributed by atoms with Gasteiger partial charge in [-0.1, -0.05) is 20.3 Å². The fourth-order valence-electron chi connectivity index (χ4n) is 2.57. The molecule has 0 aromatic heterocycles. The summed E-state index contributed by atoms with van der Waals surface area (Å²) in [6.45, 7) is 6.36. The predicted octanol–water partition coefficient (Wildman–Crippen LogP) is 3.66. The second-order valence-corrected chi connectivity index (χ2v) is 5.47. The van der Waals surface area contributed by atoms with Crippen LogP contribution in [0.5, 0.6) is 0 Å². The van der Waals surface area contributed by atoms with Crippen molar-refractivity contribution in [1.82, 2.24) is 0 Å². The maximum atomic E-state index is 11.7. The van der Waals surface area contributed by atoms with Gasteiger partial charge in [-0.05, 0) is 43.0 Å². The molecule has 19 heavy (non-hydrogen) atoms. The molecule has 1 amide bonds. The van der Waals surface area contributed by atoms with Gasteiger partial charge in [0.25, 0.3) is 0 Å². The average Bonchev–Trinajstić information content (AvgIpc) is 2.84. The topological polar surface area (TPSA) is 32.3 Å². The highest BCUT2D eigenvalue weighted by Crippen LogP contribution is 2.23. The predicted molar refractivity (Wildman–Crippen MR) is 80.6 cm³/mol. The third-order valence-electron chi connectivity index (χ3n) is 3.69. The molecule has 1 heterocycles. The van der Waals surface area contributed by atoms with E-state index in [1.165, 1.54) is 12.8 Å². The van der Waals surface area contributed by atoms with Crippen molar-refractivity contribution >= 4 is 17.3 Å². The molecule has 1 unspecified atom stereocenters. The Kier molecular flexibility index (Phi) is 4.83. The fraction of sp³-hybridized carbons (Fsp3) is 0.562. The molecule has 1 aliphatic rings. The number of carbonyl (C=O) groups is 1. The standard InChI is InChI=1S/C16H24N2O/c1-3-5-13(2)12-17-14-7-9-15(10-8-14)18-11-4-6-16(18)19/h7-10,13,17H,3-6,11-12H2,1-2H3. The summed E-state index contributed by atoms with van der Waals surface area (Å²) in [6, 6.07) is 8.21. The molecular weight excluding hydrogens is 236 g/mol. The van der Waals surface area contributed by atoms with Gasteiger partial charge in [-0.3, -0.25) is 4.79 Å². The molecule has 0 aliphatic carbocycles. The number of carbonyl (C=O) groups excluding carboxylic acids is 1. The average molecular weight is 260 g/mol. The van der Waals surface area contributed by atoms with Gasteiger partial charge < -0.3 is 10.2 Å². The molecule has 1 saturated heterocycles. The smallest absolute Gasteiger partial charge is 0.227 e. The maximum Gasteiger partial charge on any atom is 0.227 e. The molecule has 0 radical (unpaired) electrons. The minimum absolute atomic E-state index is 0.247. The summed E-state index contributed by atoms with van der Waals surface area (Å²) in [5.74, 6) is 0.946. The molecule has 1 fully saturated rings. The molecule has 0 saturated carbocycles. The number of nitrogens with one attached hydrogen (secondary N) is 1. The van der Waals surface area contributed by atoms with Crippen LogP contribution in [-0.2, 0) is 4.79 Å². The zero-order valence-corrected chi connectivity index (χ0v) is 12.0. The van der Waals surface area contributed by atoms with Crippen LogP contribution in [0.1, 0.15) is 39.5 Å². The van der Waals surface area contributed by atoms with Crippen LogP contribution >= 0.6 is 0 Å². The number of nitrogens with zero attached hydrogens (tertiary/aromatic N) is 1. The second-order valence-electron chi connectivity index (χ2n) is 5.47. The first-order chi connectivity index (χ1) is 9.20. The number of rotatable bonds is 6. The van der Waals surface area contributed by atoms with Gasteiger partial charge in [-0.2, -0.15) is 0 Å². The molecule has 2 rings (SSSR count). The molecule has 1 aromatic rings. The minimum atomic E-state index is 0.247. The maximum absolute atomic E-state index is 11.7. The quantitative estimate of drug-likeness (QED) is 0.846. The van der Waals surface area contributed by atoms with Crippen molar-refractivity contribution in [2.45, 2.75) is 39.5 Å². The Labute approximate surface area is 116 Å². The lowest BCUT2D eigenvalue weighted by Crippen LogP contribution is -2.23. The second kappa shape index (κ2) is 6.60. The lowest BCUT2D eigenvalue weighted by Gasteiger charge is -2.17. The molecule has 0 bridgehead atoms. The molecule has 1 N–H and O–H groups in total. The van der Waals surface area contributed by atoms with E-state index in [-0.39, 0.29) is 5.91 Å². The van der Waals surface area contributed by atoms with Crippen LogP contribution in [0, 0.1) is 5.92 Å². The number of anilines is 2. The lowest BCUT2D eigenvalue weighted by atomic mass is 10.1. The highest BCUT2D eigenvalue weighted by atomic mass is 16.2. The van der Waals surface area contributed by atoms with Gasteiger partial charge >= 0.3 is 0 Å². The van der Waals surface area contributed by atoms with Crippen LogP contribution in [0.4, 0.5) is 11.4 Å². The minimum Gasteiger partial charge on any atom is -0.385 e. The van der Waals surface area contributed by atoms with E-state index in [1.807, 2.05) is 17.0 Å². The summed E-state index contributed by atoms with van der Waals surface area (Å²) in [5, 5.41) is 3.45. The Balaban J connectivity index is 1.89. The number of benzene rings is 1. The van der Waals surface area contributed by atoms with E-state index >= 15 is 0 Å². The molecule has 3 nitrogen and oxygen atoms in total. The fourth-order valence-corrected chi connectivity index (χ4v) is 2.57. The Morgan fingerprint density at radius 3 is 2.63 bits per heavy atom. The van der Waals surface area contributed by atoms with Crippen molar-refractivity contribution in [1.29, 1.82) is 0 Å². The molecule has 0 spiro atoms. The van der Waals surface area contributed by atoms with E-state index in [1.54, 1.807) is 0 Å². The van der Waals surface area contributed by atoms with Gasteiger partial charge in [-0.15, -0.1) is 0 Å². The molecule has 3 heteroatoms. The van der Waals surface area contributed by atoms with Gasteiger partial charge in [0.05, 0.1) is 0 Å². The largest absolute Gasteiger partial charge is 0.385 e. The van der Waals surface area contributed by atoms with Crippen molar-refractivity contribution < 1.29 is 4.79 Å². The van der Waals surface area contributed by atoms with Crippen LogP contribution in [-0.4, -0.2) is 19.0 Å². The summed E-state index contributed by atoms with van der Waals surface area (Å²) < 4.78 is 0. The van der Waals surface area contributed by atoms with Crippen LogP contribution in [0.15, 0.2) is 24.3 Å². The highest BCUT2D eigenvalue weighted by Gasteiger charge is 2.21. The van der Waals surface area contributed by atoms with Crippen molar-refractivity contribution in [3.05, 3.63) is 24.3 Å². The molecule has 1 aliphatic heterocycles. The summed E-state index contributed by atoms with van der Waals surface area (Å²) >= 11 is 0. The van der Waals surface area contributed by atoms with E-state index in [0.717, 1.165) is 30.9 Å². The van der Waals surface area contributed by atoms with Gasteiger partial charge in [0.2, 0.25) is 5.91 Å². The molecular formula is C16H24N2O. The van der Waals surface area contributed by atoms with Crippen molar-refractivity contribution in [2.75, 3.05) is 23.3 Å². The van der Waals surface area contributed by atoms with Gasteiger partial charge in [0.1, 0.15) is 0 Å². The summed E-state index contributed by atoms with van der Waals surface area (Å²) in [7, 11) is 0. The van der Waals surface area contributed by atoms with Crippen LogP contribution < -0.4 is 10.2 Å². The summed E-state index contributed by atoms with van der Waals surface area (Å²) in [5.41, 5.74) is 2.16. The SMILES string of the molecule is CCCC(C)CNc1ccc(N2CCCC2=O)cc1. The number of amides is 1. The van der Waals surface area contributed by atoms with E-state index in [0.29, 0.717) is 12.3 Å². The monoisotopic (exact) mass is 260 g/mol. The highest BCUT2D eigenvalue weighted by molar-refractivity contribution is 5.95. The lowest BCUT2D eigenvalue weighted by molar-refractivity contribution is -0.117. The first-order valence-electron chi connectivity index (χ1n) is 7.35. The zero-order valence-electron chi connectivity index (χ0n) is 12.0. The van der Waals surface area contributed by atoms with Gasteiger partial charge in [0, 0.05) is 30.9 Å². The Morgan fingerprint density at radius 1 is 1.32 bits per heavy atom. The van der Waals surface area contributed by atoms with Crippen LogP contribution in [0.3, 0.4) is 0 Å². The van der Waals surface area contributed by atoms with Crippen LogP contribution in [0.2, 0.25) is 0 Å². The summed E-state index contributed by atoms with van der Waals surface area (Å²) in [4.78, 5) is 13.5. The van der Waals surface area contributed by atoms with E-state index in [2.05, 4.69) is 31.3 Å². The molecule has 1 aromatic carbocycles. The first-order valence-corrected chi connectivity index (χ1v) is 7.35. The Bertz CT molecular complexity index is 413. The summed E-state index contributed by atoms with van der Waals surface area (Å²) in [6.07, 6.45) is 4.16. The first kappa shape index (κ1) is 13.9. The molecule has 104 valence electrons. The zero-order chi connectivity index (χ0) is 13.7. The van der Waals surface area contributed by atoms with Crippen molar-refractivity contribution in [3.8, 4) is 0 Å². The van der Waals surface area contributed by atoms with Crippen LogP contribution in [0.25, 0.3) is 0 Å². The Morgan fingerprint density at radius 2 is 2.05 bits per heavy atom. The molecule has 1 atom stereocenters. The van der Waals surface area contributed by atoms with E-state index in [9.17, 15) is 4.79 Å². The van der Waals surface area contributed by atoms with E-state index < -0.39 is 0 Å².